The van der Waals surface area contributed by atoms with Crippen LogP contribution in [0.4, 0.5) is 0 Å². The van der Waals surface area contributed by atoms with Crippen LogP contribution in [0.5, 0.6) is 0 Å². The second-order valence-corrected chi connectivity index (χ2v) is 5.34. The van der Waals surface area contributed by atoms with E-state index in [-0.39, 0.29) is 11.8 Å². The highest BCUT2D eigenvalue weighted by atomic mass is 16.4. The van der Waals surface area contributed by atoms with Crippen molar-refractivity contribution < 1.29 is 14.7 Å². The summed E-state index contributed by atoms with van der Waals surface area (Å²) in [5, 5.41) is 11.8. The van der Waals surface area contributed by atoms with Crippen molar-refractivity contribution in [2.75, 3.05) is 6.54 Å². The molecule has 2 atom stereocenters. The number of aliphatic carboxylic acids is 1. The van der Waals surface area contributed by atoms with E-state index >= 15 is 0 Å². The summed E-state index contributed by atoms with van der Waals surface area (Å²) >= 11 is 0. The topological polar surface area (TPSA) is 66.4 Å². The average molecular weight is 275 g/mol. The molecule has 0 bridgehead atoms. The zero-order valence-electron chi connectivity index (χ0n) is 11.8. The van der Waals surface area contributed by atoms with Crippen LogP contribution >= 0.6 is 0 Å². The first kappa shape index (κ1) is 14.6. The van der Waals surface area contributed by atoms with Gasteiger partial charge in [0.1, 0.15) is 0 Å². The Morgan fingerprint density at radius 2 is 1.75 bits per heavy atom. The molecule has 4 heteroatoms. The molecule has 0 radical (unpaired) electrons. The molecule has 1 aromatic carbocycles. The van der Waals surface area contributed by atoms with Gasteiger partial charge in [-0.3, -0.25) is 9.59 Å². The molecule has 20 heavy (non-hydrogen) atoms. The van der Waals surface area contributed by atoms with Crippen molar-refractivity contribution in [2.45, 2.75) is 32.6 Å². The number of nitrogens with one attached hydrogen (secondary N) is 1. The predicted octanol–water partition coefficient (Wildman–Crippen LogP) is 2.02. The maximum absolute atomic E-state index is 11.9. The Hall–Kier alpha value is -1.84. The average Bonchev–Trinajstić information content (AvgIpc) is 2.37. The molecule has 1 aliphatic carbocycles. The Kier molecular flexibility index (Phi) is 4.77. The number of rotatable bonds is 6. The zero-order chi connectivity index (χ0) is 14.5. The number of benzene rings is 1. The van der Waals surface area contributed by atoms with E-state index in [0.29, 0.717) is 19.4 Å². The second kappa shape index (κ2) is 6.55. The van der Waals surface area contributed by atoms with Crippen molar-refractivity contribution in [2.24, 2.45) is 11.8 Å². The largest absolute Gasteiger partial charge is 0.481 e. The molecule has 108 valence electrons. The Labute approximate surface area is 119 Å². The van der Waals surface area contributed by atoms with Crippen LogP contribution < -0.4 is 5.32 Å². The molecule has 1 saturated carbocycles. The minimum atomic E-state index is -0.855. The van der Waals surface area contributed by atoms with Gasteiger partial charge in [-0.2, -0.15) is 0 Å². The number of carbonyl (C=O) groups excluding carboxylic acids is 1. The summed E-state index contributed by atoms with van der Waals surface area (Å²) < 4.78 is 0. The molecule has 0 aromatic heterocycles. The first-order chi connectivity index (χ1) is 9.61. The van der Waals surface area contributed by atoms with E-state index < -0.39 is 11.9 Å². The van der Waals surface area contributed by atoms with Gasteiger partial charge < -0.3 is 10.4 Å². The number of amides is 1. The van der Waals surface area contributed by atoms with Gasteiger partial charge in [0, 0.05) is 6.54 Å². The van der Waals surface area contributed by atoms with E-state index in [9.17, 15) is 9.59 Å². The zero-order valence-corrected chi connectivity index (χ0v) is 11.8. The van der Waals surface area contributed by atoms with Gasteiger partial charge in [-0.05, 0) is 36.8 Å². The first-order valence-electron chi connectivity index (χ1n) is 7.20. The third kappa shape index (κ3) is 3.38. The molecular weight excluding hydrogens is 254 g/mol. The van der Waals surface area contributed by atoms with Gasteiger partial charge in [-0.1, -0.05) is 31.2 Å². The molecule has 0 aliphatic heterocycles. The molecule has 2 N–H and O–H groups in total. The van der Waals surface area contributed by atoms with Crippen LogP contribution in [0.2, 0.25) is 0 Å². The van der Waals surface area contributed by atoms with Crippen LogP contribution in [-0.4, -0.2) is 23.5 Å². The lowest BCUT2D eigenvalue weighted by Gasteiger charge is -2.31. The van der Waals surface area contributed by atoms with E-state index in [0.717, 1.165) is 12.8 Å². The highest BCUT2D eigenvalue weighted by molar-refractivity contribution is 5.86. The molecule has 0 heterocycles. The first-order valence-corrected chi connectivity index (χ1v) is 7.20. The molecule has 1 fully saturated rings. The minimum absolute atomic E-state index is 0.117. The van der Waals surface area contributed by atoms with Crippen LogP contribution in [0.3, 0.4) is 0 Å². The molecule has 2 unspecified atom stereocenters. The summed E-state index contributed by atoms with van der Waals surface area (Å²) in [6.45, 7) is 2.68. The lowest BCUT2D eigenvalue weighted by atomic mass is 9.73. The van der Waals surface area contributed by atoms with Crippen molar-refractivity contribution in [3.05, 3.63) is 35.4 Å². The van der Waals surface area contributed by atoms with Gasteiger partial charge in [0.25, 0.3) is 0 Å². The maximum atomic E-state index is 11.9. The van der Waals surface area contributed by atoms with E-state index in [1.54, 1.807) is 0 Å². The highest BCUT2D eigenvalue weighted by Crippen LogP contribution is 2.34. The highest BCUT2D eigenvalue weighted by Gasteiger charge is 2.41. The minimum Gasteiger partial charge on any atom is -0.481 e. The van der Waals surface area contributed by atoms with Crippen molar-refractivity contribution in [1.82, 2.24) is 5.32 Å². The summed E-state index contributed by atoms with van der Waals surface area (Å²) in [6, 6.07) is 8.36. The SMILES string of the molecule is CCc1ccc(CCNC(=O)C2CCC2C(=O)O)cc1. The number of hydrogen-bond acceptors (Lipinski definition) is 2. The van der Waals surface area contributed by atoms with E-state index in [1.165, 1.54) is 11.1 Å². The molecule has 1 aromatic rings. The van der Waals surface area contributed by atoms with Crippen LogP contribution in [-0.2, 0) is 22.4 Å². The third-order valence-electron chi connectivity index (χ3n) is 4.07. The van der Waals surface area contributed by atoms with Crippen molar-refractivity contribution in [3.63, 3.8) is 0 Å². The number of hydrogen-bond donors (Lipinski definition) is 2. The Balaban J connectivity index is 1.75. The summed E-state index contributed by atoms with van der Waals surface area (Å²) in [4.78, 5) is 22.7. The van der Waals surface area contributed by atoms with Crippen LogP contribution in [0, 0.1) is 11.8 Å². The molecule has 1 amide bonds. The maximum Gasteiger partial charge on any atom is 0.307 e. The number of aryl methyl sites for hydroxylation is 1. The van der Waals surface area contributed by atoms with Gasteiger partial charge in [0.15, 0.2) is 0 Å². The van der Waals surface area contributed by atoms with Gasteiger partial charge in [-0.15, -0.1) is 0 Å². The summed E-state index contributed by atoms with van der Waals surface area (Å²) in [5.74, 6) is -1.80. The molecule has 0 spiro atoms. The smallest absolute Gasteiger partial charge is 0.307 e. The number of carbonyl (C=O) groups is 2. The fourth-order valence-corrected chi connectivity index (χ4v) is 2.51. The van der Waals surface area contributed by atoms with Gasteiger partial charge in [-0.25, -0.2) is 0 Å². The molecular formula is C16H21NO3. The molecule has 0 saturated heterocycles. The summed E-state index contributed by atoms with van der Waals surface area (Å²) in [6.07, 6.45) is 3.11. The Bertz CT molecular complexity index is 481. The molecule has 2 rings (SSSR count). The standard InChI is InChI=1S/C16H21NO3/c1-2-11-3-5-12(6-4-11)9-10-17-15(18)13-7-8-14(13)16(19)20/h3-6,13-14H,2,7-10H2,1H3,(H,17,18)(H,19,20). The second-order valence-electron chi connectivity index (χ2n) is 5.34. The van der Waals surface area contributed by atoms with Crippen molar-refractivity contribution in [1.29, 1.82) is 0 Å². The predicted molar refractivity (Wildman–Crippen MR) is 76.4 cm³/mol. The summed E-state index contributed by atoms with van der Waals surface area (Å²) in [5.41, 5.74) is 2.49. The molecule has 4 nitrogen and oxygen atoms in total. The van der Waals surface area contributed by atoms with Gasteiger partial charge in [0.2, 0.25) is 5.91 Å². The van der Waals surface area contributed by atoms with E-state index in [2.05, 4.69) is 36.5 Å². The normalized spacial score (nSPS) is 21.1. The third-order valence-corrected chi connectivity index (χ3v) is 4.07. The van der Waals surface area contributed by atoms with Crippen molar-refractivity contribution >= 4 is 11.9 Å². The Morgan fingerprint density at radius 3 is 2.25 bits per heavy atom. The van der Waals surface area contributed by atoms with Crippen LogP contribution in [0.25, 0.3) is 0 Å². The molecule has 1 aliphatic rings. The van der Waals surface area contributed by atoms with Crippen LogP contribution in [0.1, 0.15) is 30.9 Å². The van der Waals surface area contributed by atoms with E-state index in [1.807, 2.05) is 0 Å². The number of carboxylic acid groups (broad SMARTS) is 1. The van der Waals surface area contributed by atoms with Crippen molar-refractivity contribution in [3.8, 4) is 0 Å². The van der Waals surface area contributed by atoms with E-state index in [4.69, 9.17) is 5.11 Å². The fraction of sp³-hybridized carbons (Fsp3) is 0.500. The fourth-order valence-electron chi connectivity index (χ4n) is 2.51. The van der Waals surface area contributed by atoms with Gasteiger partial charge in [0.05, 0.1) is 11.8 Å². The van der Waals surface area contributed by atoms with Gasteiger partial charge >= 0.3 is 5.97 Å². The lowest BCUT2D eigenvalue weighted by molar-refractivity contribution is -0.152. The Morgan fingerprint density at radius 1 is 1.15 bits per heavy atom. The monoisotopic (exact) mass is 275 g/mol. The van der Waals surface area contributed by atoms with Crippen LogP contribution in [0.15, 0.2) is 24.3 Å². The summed E-state index contributed by atoms with van der Waals surface area (Å²) in [7, 11) is 0. The lowest BCUT2D eigenvalue weighted by Crippen LogP contribution is -2.44. The quantitative estimate of drug-likeness (QED) is 0.834. The number of carboxylic acids is 1.